The summed E-state index contributed by atoms with van der Waals surface area (Å²) in [6.07, 6.45) is 0. The molecule has 144 valence electrons. The van der Waals surface area contributed by atoms with Gasteiger partial charge in [0.15, 0.2) is 0 Å². The third-order valence-corrected chi connectivity index (χ3v) is 4.72. The summed E-state index contributed by atoms with van der Waals surface area (Å²) in [5.74, 6) is -1.18. The number of rotatable bonds is 5. The number of carboxylic acids is 1. The number of nitrogens with zero attached hydrogens (tertiary/aromatic N) is 2. The van der Waals surface area contributed by atoms with Crippen LogP contribution in [0, 0.1) is 10.1 Å². The van der Waals surface area contributed by atoms with Crippen LogP contribution in [0.5, 0.6) is 0 Å². The van der Waals surface area contributed by atoms with Crippen molar-refractivity contribution in [2.24, 2.45) is 0 Å². The van der Waals surface area contributed by atoms with E-state index in [2.05, 4.69) is 15.2 Å². The minimum Gasteiger partial charge on any atom is -0.477 e. The Morgan fingerprint density at radius 1 is 1.18 bits per heavy atom. The van der Waals surface area contributed by atoms with Gasteiger partial charge in [0, 0.05) is 30.2 Å². The highest BCUT2D eigenvalue weighted by Gasteiger charge is 2.21. The van der Waals surface area contributed by atoms with Crippen LogP contribution in [0.4, 0.5) is 22.7 Å². The highest BCUT2D eigenvalue weighted by molar-refractivity contribution is 6.04. The molecule has 2 aromatic carbocycles. The van der Waals surface area contributed by atoms with Crippen LogP contribution in [0.3, 0.4) is 0 Å². The van der Waals surface area contributed by atoms with E-state index in [9.17, 15) is 20.0 Å². The van der Waals surface area contributed by atoms with E-state index in [1.165, 1.54) is 12.1 Å². The van der Waals surface area contributed by atoms with Crippen LogP contribution in [0.2, 0.25) is 0 Å². The molecule has 4 rings (SSSR count). The molecule has 0 spiro atoms. The molecule has 2 heterocycles. The monoisotopic (exact) mass is 382 g/mol. The number of H-pyrrole nitrogens is 1. The molecule has 0 atom stereocenters. The van der Waals surface area contributed by atoms with E-state index >= 15 is 0 Å². The molecule has 1 aliphatic heterocycles. The van der Waals surface area contributed by atoms with Crippen molar-refractivity contribution in [3.8, 4) is 0 Å². The number of aromatic carboxylic acids is 1. The first-order chi connectivity index (χ1) is 13.5. The Balaban J connectivity index is 1.78. The molecule has 28 heavy (non-hydrogen) atoms. The SMILES string of the molecule is O=C(O)c1cc2c(Nc3ccccc3N3CCOCC3)ccc([N+](=O)[O-])c2[nH]1. The van der Waals surface area contributed by atoms with Crippen LogP contribution in [0.1, 0.15) is 10.5 Å². The molecule has 1 aromatic heterocycles. The van der Waals surface area contributed by atoms with Crippen molar-refractivity contribution in [2.45, 2.75) is 0 Å². The van der Waals surface area contributed by atoms with Gasteiger partial charge in [0.05, 0.1) is 29.5 Å². The predicted molar refractivity (Wildman–Crippen MR) is 105 cm³/mol. The minimum absolute atomic E-state index is 0.103. The van der Waals surface area contributed by atoms with Crippen LogP contribution in [-0.2, 0) is 4.74 Å². The molecule has 9 heteroatoms. The third kappa shape index (κ3) is 3.23. The first kappa shape index (κ1) is 17.8. The number of aromatic nitrogens is 1. The lowest BCUT2D eigenvalue weighted by atomic mass is 10.1. The maximum Gasteiger partial charge on any atom is 0.352 e. The fraction of sp³-hybridized carbons (Fsp3) is 0.211. The largest absolute Gasteiger partial charge is 0.477 e. The molecular weight excluding hydrogens is 364 g/mol. The summed E-state index contributed by atoms with van der Waals surface area (Å²) in [5.41, 5.74) is 2.31. The van der Waals surface area contributed by atoms with Crippen molar-refractivity contribution >= 4 is 39.6 Å². The Bertz CT molecular complexity index is 1060. The average molecular weight is 382 g/mol. The Morgan fingerprint density at radius 3 is 2.64 bits per heavy atom. The highest BCUT2D eigenvalue weighted by atomic mass is 16.6. The van der Waals surface area contributed by atoms with E-state index in [1.807, 2.05) is 24.3 Å². The van der Waals surface area contributed by atoms with Crippen molar-refractivity contribution in [3.05, 3.63) is 58.3 Å². The Hall–Kier alpha value is -3.59. The molecule has 0 saturated carbocycles. The van der Waals surface area contributed by atoms with Gasteiger partial charge in [-0.1, -0.05) is 12.1 Å². The van der Waals surface area contributed by atoms with Gasteiger partial charge in [0.2, 0.25) is 0 Å². The number of ether oxygens (including phenoxy) is 1. The molecule has 0 aliphatic carbocycles. The number of nitro benzene ring substituents is 1. The van der Waals surface area contributed by atoms with Gasteiger partial charge in [-0.05, 0) is 24.3 Å². The number of non-ortho nitro benzene ring substituents is 1. The lowest BCUT2D eigenvalue weighted by molar-refractivity contribution is -0.383. The lowest BCUT2D eigenvalue weighted by Gasteiger charge is -2.30. The van der Waals surface area contributed by atoms with E-state index in [0.717, 1.165) is 24.5 Å². The van der Waals surface area contributed by atoms with Crippen LogP contribution in [0.25, 0.3) is 10.9 Å². The second kappa shape index (κ2) is 7.20. The molecule has 1 saturated heterocycles. The fourth-order valence-electron chi connectivity index (χ4n) is 3.39. The zero-order valence-corrected chi connectivity index (χ0v) is 14.8. The van der Waals surface area contributed by atoms with Gasteiger partial charge < -0.3 is 25.0 Å². The highest BCUT2D eigenvalue weighted by Crippen LogP contribution is 2.36. The Labute approximate surface area is 159 Å². The second-order valence-corrected chi connectivity index (χ2v) is 6.41. The van der Waals surface area contributed by atoms with E-state index in [-0.39, 0.29) is 16.9 Å². The molecule has 1 fully saturated rings. The number of benzene rings is 2. The number of carboxylic acid groups (broad SMARTS) is 1. The number of aromatic amines is 1. The van der Waals surface area contributed by atoms with E-state index in [1.54, 1.807) is 6.07 Å². The standard InChI is InChI=1S/C19H18N4O5/c24-19(25)15-11-12-13(5-6-17(23(26)27)18(12)21-15)20-14-3-1-2-4-16(14)22-7-9-28-10-8-22/h1-6,11,20-21H,7-10H2,(H,24,25). The third-order valence-electron chi connectivity index (χ3n) is 4.72. The molecule has 0 radical (unpaired) electrons. The first-order valence-electron chi connectivity index (χ1n) is 8.77. The molecular formula is C19H18N4O5. The minimum atomic E-state index is -1.18. The average Bonchev–Trinajstić information content (AvgIpc) is 3.15. The van der Waals surface area contributed by atoms with Crippen molar-refractivity contribution in [2.75, 3.05) is 36.5 Å². The van der Waals surface area contributed by atoms with E-state index < -0.39 is 10.9 Å². The Kier molecular flexibility index (Phi) is 4.58. The van der Waals surface area contributed by atoms with Gasteiger partial charge in [0.1, 0.15) is 11.2 Å². The fourth-order valence-corrected chi connectivity index (χ4v) is 3.39. The predicted octanol–water partition coefficient (Wildman–Crippen LogP) is 3.35. The molecule has 0 unspecified atom stereocenters. The number of anilines is 3. The van der Waals surface area contributed by atoms with E-state index in [0.29, 0.717) is 24.3 Å². The van der Waals surface area contributed by atoms with Crippen molar-refractivity contribution in [1.82, 2.24) is 4.98 Å². The number of carbonyl (C=O) groups is 1. The number of para-hydroxylation sites is 2. The lowest BCUT2D eigenvalue weighted by Crippen LogP contribution is -2.36. The summed E-state index contributed by atoms with van der Waals surface area (Å²) in [6, 6.07) is 12.1. The smallest absolute Gasteiger partial charge is 0.352 e. The number of nitrogens with one attached hydrogen (secondary N) is 2. The summed E-state index contributed by atoms with van der Waals surface area (Å²) in [6.45, 7) is 2.83. The number of hydrogen-bond acceptors (Lipinski definition) is 6. The first-order valence-corrected chi connectivity index (χ1v) is 8.77. The van der Waals surface area contributed by atoms with Gasteiger partial charge in [-0.25, -0.2) is 4.79 Å². The summed E-state index contributed by atoms with van der Waals surface area (Å²) in [5, 5.41) is 24.4. The van der Waals surface area contributed by atoms with Gasteiger partial charge in [-0.3, -0.25) is 10.1 Å². The van der Waals surface area contributed by atoms with Crippen molar-refractivity contribution in [3.63, 3.8) is 0 Å². The molecule has 0 bridgehead atoms. The zero-order chi connectivity index (χ0) is 19.7. The number of fused-ring (bicyclic) bond motifs is 1. The number of nitro groups is 1. The van der Waals surface area contributed by atoms with E-state index in [4.69, 9.17) is 4.74 Å². The van der Waals surface area contributed by atoms with Crippen LogP contribution in [0.15, 0.2) is 42.5 Å². The summed E-state index contributed by atoms with van der Waals surface area (Å²) in [7, 11) is 0. The summed E-state index contributed by atoms with van der Waals surface area (Å²) < 4.78 is 5.41. The van der Waals surface area contributed by atoms with Gasteiger partial charge in [-0.2, -0.15) is 0 Å². The molecule has 0 amide bonds. The van der Waals surface area contributed by atoms with Crippen molar-refractivity contribution < 1.29 is 19.6 Å². The normalized spacial score (nSPS) is 14.2. The van der Waals surface area contributed by atoms with Crippen molar-refractivity contribution in [1.29, 1.82) is 0 Å². The molecule has 1 aliphatic rings. The summed E-state index contributed by atoms with van der Waals surface area (Å²) in [4.78, 5) is 27.0. The van der Waals surface area contributed by atoms with Gasteiger partial charge in [0.25, 0.3) is 5.69 Å². The Morgan fingerprint density at radius 2 is 1.93 bits per heavy atom. The molecule has 9 nitrogen and oxygen atoms in total. The van der Waals surface area contributed by atoms with Gasteiger partial charge >= 0.3 is 5.97 Å². The number of morpholine rings is 1. The maximum absolute atomic E-state index is 11.3. The van der Waals surface area contributed by atoms with Crippen LogP contribution < -0.4 is 10.2 Å². The van der Waals surface area contributed by atoms with Crippen LogP contribution in [-0.4, -0.2) is 47.3 Å². The maximum atomic E-state index is 11.3. The summed E-state index contributed by atoms with van der Waals surface area (Å²) >= 11 is 0. The second-order valence-electron chi connectivity index (χ2n) is 6.41. The zero-order valence-electron chi connectivity index (χ0n) is 14.8. The van der Waals surface area contributed by atoms with Crippen LogP contribution >= 0.6 is 0 Å². The topological polar surface area (TPSA) is 121 Å². The quantitative estimate of drug-likeness (QED) is 0.457. The molecule has 3 aromatic rings. The number of hydrogen-bond donors (Lipinski definition) is 3. The molecule has 3 N–H and O–H groups in total. The van der Waals surface area contributed by atoms with Gasteiger partial charge in [-0.15, -0.1) is 0 Å².